The number of carbonyl (C=O) groups is 1. The summed E-state index contributed by atoms with van der Waals surface area (Å²) in [6, 6.07) is 12.8. The average Bonchev–Trinajstić information content (AvgIpc) is 3.02. The molecule has 152 valence electrons. The number of rotatable bonds is 7. The van der Waals surface area contributed by atoms with Gasteiger partial charge in [-0.25, -0.2) is 4.99 Å². The van der Waals surface area contributed by atoms with Crippen molar-refractivity contribution < 1.29 is 14.3 Å². The first kappa shape index (κ1) is 21.3. The van der Waals surface area contributed by atoms with Gasteiger partial charge in [-0.2, -0.15) is 0 Å². The van der Waals surface area contributed by atoms with Crippen LogP contribution in [0.1, 0.15) is 26.3 Å². The van der Waals surface area contributed by atoms with Gasteiger partial charge in [0.15, 0.2) is 16.7 Å². The van der Waals surface area contributed by atoms with E-state index in [9.17, 15) is 4.79 Å². The zero-order chi connectivity index (χ0) is 20.8. The lowest BCUT2D eigenvalue weighted by Gasteiger charge is -2.14. The van der Waals surface area contributed by atoms with Crippen LogP contribution in [0.4, 0.5) is 5.69 Å². The summed E-state index contributed by atoms with van der Waals surface area (Å²) < 4.78 is 11.5. The standard InChI is InChI=1S/C22H23ClN2O3S/c1-4-27-19-11-15(5-10-18(19)28-13-14(2)3)12-20-21(26)25-22(29-20)24-17-8-6-16(23)7-9-17/h5-12,14H,4,13H2,1-3H3,(H,24,25,26)/b20-12-. The molecule has 1 aliphatic rings. The fourth-order valence-electron chi connectivity index (χ4n) is 2.52. The molecular weight excluding hydrogens is 408 g/mol. The van der Waals surface area contributed by atoms with Gasteiger partial charge in [-0.3, -0.25) is 4.79 Å². The van der Waals surface area contributed by atoms with Crippen LogP contribution in [0.3, 0.4) is 0 Å². The van der Waals surface area contributed by atoms with Crippen molar-refractivity contribution >= 4 is 46.2 Å². The number of nitrogens with one attached hydrogen (secondary N) is 1. The number of hydrogen-bond acceptors (Lipinski definition) is 5. The Morgan fingerprint density at radius 2 is 1.90 bits per heavy atom. The van der Waals surface area contributed by atoms with Gasteiger partial charge in [-0.15, -0.1) is 0 Å². The highest BCUT2D eigenvalue weighted by Crippen LogP contribution is 2.32. The van der Waals surface area contributed by atoms with E-state index >= 15 is 0 Å². The van der Waals surface area contributed by atoms with E-state index in [4.69, 9.17) is 21.1 Å². The Labute approximate surface area is 180 Å². The Morgan fingerprint density at radius 1 is 1.14 bits per heavy atom. The van der Waals surface area contributed by atoms with Crippen molar-refractivity contribution in [2.24, 2.45) is 10.9 Å². The smallest absolute Gasteiger partial charge is 0.264 e. The third-order valence-corrected chi connectivity index (χ3v) is 5.01. The summed E-state index contributed by atoms with van der Waals surface area (Å²) in [5.41, 5.74) is 1.58. The Balaban J connectivity index is 1.79. The van der Waals surface area contributed by atoms with Crippen LogP contribution in [0.25, 0.3) is 6.08 Å². The van der Waals surface area contributed by atoms with E-state index in [1.807, 2.05) is 31.2 Å². The normalized spacial score (nSPS) is 16.5. The van der Waals surface area contributed by atoms with Gasteiger partial charge in [-0.1, -0.05) is 31.5 Å². The topological polar surface area (TPSA) is 59.9 Å². The quantitative estimate of drug-likeness (QED) is 0.575. The number of hydrogen-bond donors (Lipinski definition) is 1. The average molecular weight is 431 g/mol. The molecule has 1 amide bonds. The van der Waals surface area contributed by atoms with Crippen LogP contribution in [0.2, 0.25) is 5.02 Å². The fourth-order valence-corrected chi connectivity index (χ4v) is 3.49. The number of amides is 1. The van der Waals surface area contributed by atoms with Crippen LogP contribution in [-0.4, -0.2) is 24.3 Å². The van der Waals surface area contributed by atoms with Crippen molar-refractivity contribution in [2.45, 2.75) is 20.8 Å². The zero-order valence-corrected chi connectivity index (χ0v) is 18.1. The summed E-state index contributed by atoms with van der Waals surface area (Å²) in [5.74, 6) is 1.61. The maximum absolute atomic E-state index is 12.3. The van der Waals surface area contributed by atoms with E-state index in [1.54, 1.807) is 24.3 Å². The van der Waals surface area contributed by atoms with Gasteiger partial charge in [0.05, 0.1) is 23.8 Å². The number of halogens is 1. The summed E-state index contributed by atoms with van der Waals surface area (Å²) in [7, 11) is 0. The number of ether oxygens (including phenoxy) is 2. The molecule has 7 heteroatoms. The molecule has 1 N–H and O–H groups in total. The molecular formula is C22H23ClN2O3S. The third-order valence-electron chi connectivity index (χ3n) is 3.85. The first-order chi connectivity index (χ1) is 13.9. The highest BCUT2D eigenvalue weighted by atomic mass is 35.5. The number of amidine groups is 1. The zero-order valence-electron chi connectivity index (χ0n) is 16.6. The number of carbonyl (C=O) groups excluding carboxylic acids is 1. The second-order valence-corrected chi connectivity index (χ2v) is 8.27. The molecule has 0 unspecified atom stereocenters. The highest BCUT2D eigenvalue weighted by Gasteiger charge is 2.24. The van der Waals surface area contributed by atoms with E-state index < -0.39 is 0 Å². The molecule has 5 nitrogen and oxygen atoms in total. The molecule has 0 aromatic heterocycles. The van der Waals surface area contributed by atoms with Gasteiger partial charge in [0.2, 0.25) is 0 Å². The van der Waals surface area contributed by atoms with Crippen molar-refractivity contribution in [1.29, 1.82) is 0 Å². The third kappa shape index (κ3) is 6.02. The minimum Gasteiger partial charge on any atom is -0.490 e. The molecule has 29 heavy (non-hydrogen) atoms. The lowest BCUT2D eigenvalue weighted by atomic mass is 10.2. The minimum atomic E-state index is -0.180. The predicted molar refractivity (Wildman–Crippen MR) is 120 cm³/mol. The molecule has 1 saturated heterocycles. The monoisotopic (exact) mass is 430 g/mol. The molecule has 0 spiro atoms. The lowest BCUT2D eigenvalue weighted by Crippen LogP contribution is -2.19. The van der Waals surface area contributed by atoms with Crippen LogP contribution in [0.15, 0.2) is 52.4 Å². The van der Waals surface area contributed by atoms with Crippen LogP contribution < -0.4 is 14.8 Å². The number of thioether (sulfide) groups is 1. The van der Waals surface area contributed by atoms with E-state index in [2.05, 4.69) is 24.2 Å². The first-order valence-electron chi connectivity index (χ1n) is 9.39. The summed E-state index contributed by atoms with van der Waals surface area (Å²) in [5, 5.41) is 3.96. The van der Waals surface area contributed by atoms with Crippen molar-refractivity contribution in [3.05, 3.63) is 58.0 Å². The van der Waals surface area contributed by atoms with Gasteiger partial charge >= 0.3 is 0 Å². The first-order valence-corrected chi connectivity index (χ1v) is 10.6. The number of nitrogens with zero attached hydrogens (tertiary/aromatic N) is 1. The van der Waals surface area contributed by atoms with Crippen LogP contribution in [0, 0.1) is 5.92 Å². The largest absolute Gasteiger partial charge is 0.490 e. The number of aliphatic imine (C=N–C) groups is 1. The molecule has 3 rings (SSSR count). The van der Waals surface area contributed by atoms with Gasteiger partial charge < -0.3 is 14.8 Å². The molecule has 1 aliphatic heterocycles. The van der Waals surface area contributed by atoms with Gasteiger partial charge in [0, 0.05) is 5.02 Å². The van der Waals surface area contributed by atoms with E-state index in [0.717, 1.165) is 11.3 Å². The number of benzene rings is 2. The molecule has 2 aromatic carbocycles. The van der Waals surface area contributed by atoms with Crippen LogP contribution >= 0.6 is 23.4 Å². The van der Waals surface area contributed by atoms with Gasteiger partial charge in [0.25, 0.3) is 5.91 Å². The van der Waals surface area contributed by atoms with Crippen LogP contribution in [0.5, 0.6) is 11.5 Å². The highest BCUT2D eigenvalue weighted by molar-refractivity contribution is 8.18. The SMILES string of the molecule is CCOc1cc(/C=C2\SC(=Nc3ccc(Cl)cc3)NC2=O)ccc1OCC(C)C. The van der Waals surface area contributed by atoms with Gasteiger partial charge in [-0.05, 0) is 72.6 Å². The van der Waals surface area contributed by atoms with E-state index in [-0.39, 0.29) is 5.91 Å². The van der Waals surface area contributed by atoms with E-state index in [1.165, 1.54) is 11.8 Å². The molecule has 0 saturated carbocycles. The molecule has 0 atom stereocenters. The van der Waals surface area contributed by atoms with Crippen molar-refractivity contribution in [1.82, 2.24) is 5.32 Å². The van der Waals surface area contributed by atoms with Gasteiger partial charge in [0.1, 0.15) is 0 Å². The Morgan fingerprint density at radius 3 is 2.59 bits per heavy atom. The molecule has 1 fully saturated rings. The summed E-state index contributed by atoms with van der Waals surface area (Å²) in [6.07, 6.45) is 1.82. The molecule has 0 aliphatic carbocycles. The molecule has 1 heterocycles. The van der Waals surface area contributed by atoms with E-state index in [0.29, 0.717) is 45.7 Å². The molecule has 0 bridgehead atoms. The maximum Gasteiger partial charge on any atom is 0.264 e. The lowest BCUT2D eigenvalue weighted by molar-refractivity contribution is -0.115. The Kier molecular flexibility index (Phi) is 7.23. The van der Waals surface area contributed by atoms with Crippen molar-refractivity contribution in [2.75, 3.05) is 13.2 Å². The van der Waals surface area contributed by atoms with Crippen LogP contribution in [-0.2, 0) is 4.79 Å². The summed E-state index contributed by atoms with van der Waals surface area (Å²) >= 11 is 7.19. The predicted octanol–water partition coefficient (Wildman–Crippen LogP) is 5.67. The molecule has 2 aromatic rings. The maximum atomic E-state index is 12.3. The Hall–Kier alpha value is -2.44. The summed E-state index contributed by atoms with van der Waals surface area (Å²) in [6.45, 7) is 7.27. The Bertz CT molecular complexity index is 940. The minimum absolute atomic E-state index is 0.180. The van der Waals surface area contributed by atoms with Crippen molar-refractivity contribution in [3.8, 4) is 11.5 Å². The second-order valence-electron chi connectivity index (χ2n) is 6.80. The fraction of sp³-hybridized carbons (Fsp3) is 0.273. The van der Waals surface area contributed by atoms with Crippen molar-refractivity contribution in [3.63, 3.8) is 0 Å². The molecule has 0 radical (unpaired) electrons. The second kappa shape index (κ2) is 9.85. The summed E-state index contributed by atoms with van der Waals surface area (Å²) in [4.78, 5) is 17.3.